The van der Waals surface area contributed by atoms with E-state index in [1.807, 2.05) is 0 Å². The predicted molar refractivity (Wildman–Crippen MR) is 94.1 cm³/mol. The molecule has 0 aromatic heterocycles. The minimum absolute atomic E-state index is 0. The molecule has 0 saturated carbocycles. The summed E-state index contributed by atoms with van der Waals surface area (Å²) in [4.78, 5) is 38.1. The van der Waals surface area contributed by atoms with Crippen molar-refractivity contribution in [2.45, 2.75) is 31.8 Å². The molecule has 2 aromatic carbocycles. The molecule has 2 bridgehead atoms. The van der Waals surface area contributed by atoms with Crippen LogP contribution in [0.3, 0.4) is 0 Å². The van der Waals surface area contributed by atoms with E-state index in [0.29, 0.717) is 16.5 Å². The van der Waals surface area contributed by atoms with Crippen LogP contribution in [0.4, 0.5) is 11.4 Å². The van der Waals surface area contributed by atoms with Crippen molar-refractivity contribution < 1.29 is 24.0 Å². The lowest BCUT2D eigenvalue weighted by molar-refractivity contribution is -0.383. The van der Waals surface area contributed by atoms with E-state index in [4.69, 9.17) is 9.47 Å². The summed E-state index contributed by atoms with van der Waals surface area (Å²) in [6, 6.07) is 9.57. The molecule has 2 amide bonds. The maximum absolute atomic E-state index is 13.0. The number of imide groups is 1. The number of anilines is 1. The van der Waals surface area contributed by atoms with Crippen LogP contribution < -0.4 is 4.90 Å². The first kappa shape index (κ1) is 16.3. The van der Waals surface area contributed by atoms with E-state index < -0.39 is 16.8 Å². The third-order valence-electron chi connectivity index (χ3n) is 5.94. The summed E-state index contributed by atoms with van der Waals surface area (Å²) in [6.45, 7) is 0. The van der Waals surface area contributed by atoms with Crippen LogP contribution in [0.2, 0.25) is 0 Å². The van der Waals surface area contributed by atoms with Crippen molar-refractivity contribution in [3.63, 3.8) is 0 Å². The zero-order valence-corrected chi connectivity index (χ0v) is 13.3. The van der Waals surface area contributed by atoms with Gasteiger partial charge in [0.25, 0.3) is 5.69 Å². The van der Waals surface area contributed by atoms with Crippen LogP contribution >= 0.6 is 0 Å². The Bertz CT molecular complexity index is 1000. The summed E-state index contributed by atoms with van der Waals surface area (Å²) in [5.41, 5.74) is 0.339. The number of hydrogen-bond donors (Lipinski definition) is 0. The summed E-state index contributed by atoms with van der Waals surface area (Å²) in [5.74, 6) is -1.66. The molecule has 2 aromatic rings. The van der Waals surface area contributed by atoms with Crippen LogP contribution in [0.15, 0.2) is 36.4 Å². The number of fused-ring (bicyclic) bond motifs is 9. The summed E-state index contributed by atoms with van der Waals surface area (Å²) < 4.78 is 11.3. The van der Waals surface area contributed by atoms with Gasteiger partial charge in [-0.1, -0.05) is 25.6 Å². The summed E-state index contributed by atoms with van der Waals surface area (Å²) >= 11 is 0. The number of nitro groups is 1. The Hall–Kier alpha value is -2.84. The van der Waals surface area contributed by atoms with Crippen molar-refractivity contribution in [3.05, 3.63) is 46.5 Å². The molecule has 4 aliphatic heterocycles. The first-order valence-corrected chi connectivity index (χ1v) is 8.43. The quantitative estimate of drug-likeness (QED) is 0.348. The van der Waals surface area contributed by atoms with E-state index in [9.17, 15) is 19.7 Å². The third-order valence-corrected chi connectivity index (χ3v) is 5.94. The van der Waals surface area contributed by atoms with E-state index in [1.165, 1.54) is 17.0 Å². The van der Waals surface area contributed by atoms with Crippen LogP contribution in [-0.2, 0) is 19.1 Å². The molecule has 0 spiro atoms. The Labute approximate surface area is 153 Å². The molecule has 6 atom stereocenters. The number of non-ortho nitro benzene ring substituents is 1. The highest BCUT2D eigenvalue weighted by Crippen LogP contribution is 2.57. The molecule has 8 nitrogen and oxygen atoms in total. The molecule has 2 unspecified atom stereocenters. The van der Waals surface area contributed by atoms with Gasteiger partial charge in [-0.25, -0.2) is 4.90 Å². The van der Waals surface area contributed by atoms with Crippen molar-refractivity contribution in [2.75, 3.05) is 4.90 Å². The molecule has 6 rings (SSSR count). The fourth-order valence-electron chi connectivity index (χ4n) is 4.84. The summed E-state index contributed by atoms with van der Waals surface area (Å²) in [5, 5.41) is 12.2. The number of ether oxygens (including phenoxy) is 2. The number of epoxide rings is 1. The molecule has 4 aliphatic rings. The van der Waals surface area contributed by atoms with E-state index >= 15 is 0 Å². The molecule has 4 fully saturated rings. The van der Waals surface area contributed by atoms with Gasteiger partial charge in [0, 0.05) is 11.5 Å². The largest absolute Gasteiger partial charge is 0.368 e. The van der Waals surface area contributed by atoms with Gasteiger partial charge in [0.15, 0.2) is 0 Å². The monoisotopic (exact) mass is 368 g/mol. The number of hydrogen-bond acceptors (Lipinski definition) is 6. The van der Waals surface area contributed by atoms with E-state index in [2.05, 4.69) is 0 Å². The van der Waals surface area contributed by atoms with Crippen molar-refractivity contribution in [1.29, 1.82) is 0 Å². The third kappa shape index (κ3) is 1.84. The minimum Gasteiger partial charge on any atom is -0.368 e. The molecule has 8 heteroatoms. The molecular formula is C19H16N2O6. The van der Waals surface area contributed by atoms with E-state index in [1.54, 1.807) is 24.3 Å². The first-order chi connectivity index (χ1) is 12.6. The Balaban J connectivity index is 0.00000160. The fraction of sp³-hybridized carbons (Fsp3) is 0.368. The van der Waals surface area contributed by atoms with Crippen molar-refractivity contribution in [2.24, 2.45) is 11.8 Å². The number of benzene rings is 2. The van der Waals surface area contributed by atoms with Gasteiger partial charge < -0.3 is 9.47 Å². The number of rotatable bonds is 2. The lowest BCUT2D eigenvalue weighted by atomic mass is 9.81. The smallest absolute Gasteiger partial charge is 0.277 e. The van der Waals surface area contributed by atoms with Crippen LogP contribution in [0, 0.1) is 22.0 Å². The van der Waals surface area contributed by atoms with Gasteiger partial charge in [0.1, 0.15) is 12.2 Å². The lowest BCUT2D eigenvalue weighted by Crippen LogP contribution is -2.35. The Morgan fingerprint density at radius 3 is 2.00 bits per heavy atom. The number of amides is 2. The zero-order chi connectivity index (χ0) is 17.7. The molecule has 138 valence electrons. The van der Waals surface area contributed by atoms with Gasteiger partial charge in [-0.3, -0.25) is 19.7 Å². The van der Waals surface area contributed by atoms with Crippen LogP contribution in [-0.4, -0.2) is 41.2 Å². The highest BCUT2D eigenvalue weighted by Gasteiger charge is 2.75. The average Bonchev–Trinajstić information content (AvgIpc) is 3.15. The van der Waals surface area contributed by atoms with E-state index in [0.717, 1.165) is 0 Å². The second kappa shape index (κ2) is 5.11. The summed E-state index contributed by atoms with van der Waals surface area (Å²) in [7, 11) is 0. The maximum Gasteiger partial charge on any atom is 0.277 e. The Morgan fingerprint density at radius 2 is 1.41 bits per heavy atom. The standard InChI is InChI=1S/C18H12N2O6.CH4/c21-17-11-12(14-16-15(26-16)13(11)25-14)18(22)19(17)9-5-6-10(20(23)24)8-4-2-1-3-7(8)9;/h1-6,11-16H;1H4/t11-,12+,13?,14?,15-,16+;. The van der Waals surface area contributed by atoms with Gasteiger partial charge in [-0.2, -0.15) is 0 Å². The van der Waals surface area contributed by atoms with E-state index in [-0.39, 0.29) is 49.3 Å². The van der Waals surface area contributed by atoms with Crippen LogP contribution in [0.5, 0.6) is 0 Å². The van der Waals surface area contributed by atoms with Gasteiger partial charge in [0.2, 0.25) is 11.8 Å². The fourth-order valence-corrected chi connectivity index (χ4v) is 4.84. The second-order valence-corrected chi connectivity index (χ2v) is 7.10. The number of nitro benzene ring substituents is 1. The number of nitrogens with zero attached hydrogens (tertiary/aromatic N) is 2. The molecule has 0 radical (unpaired) electrons. The van der Waals surface area contributed by atoms with Gasteiger partial charge in [-0.15, -0.1) is 0 Å². The highest BCUT2D eigenvalue weighted by molar-refractivity contribution is 6.26. The van der Waals surface area contributed by atoms with Crippen molar-refractivity contribution >= 4 is 34.0 Å². The maximum atomic E-state index is 13.0. The van der Waals surface area contributed by atoms with Gasteiger partial charge in [-0.05, 0) is 12.1 Å². The molecule has 0 N–H and O–H groups in total. The van der Waals surface area contributed by atoms with Crippen molar-refractivity contribution in [1.82, 2.24) is 0 Å². The molecular weight excluding hydrogens is 352 g/mol. The first-order valence-electron chi connectivity index (χ1n) is 8.43. The molecule has 0 aliphatic carbocycles. The van der Waals surface area contributed by atoms with Crippen LogP contribution in [0.1, 0.15) is 7.43 Å². The average molecular weight is 368 g/mol. The minimum atomic E-state index is -0.523. The molecule has 27 heavy (non-hydrogen) atoms. The Kier molecular flexibility index (Phi) is 3.10. The van der Waals surface area contributed by atoms with Crippen LogP contribution in [0.25, 0.3) is 10.8 Å². The highest BCUT2D eigenvalue weighted by atomic mass is 16.7. The zero-order valence-electron chi connectivity index (χ0n) is 13.3. The lowest BCUT2D eigenvalue weighted by Gasteiger charge is -2.20. The summed E-state index contributed by atoms with van der Waals surface area (Å²) in [6.07, 6.45) is -0.875. The Morgan fingerprint density at radius 1 is 0.852 bits per heavy atom. The number of carbonyl (C=O) groups is 2. The topological polar surface area (TPSA) is 102 Å². The molecule has 4 saturated heterocycles. The second-order valence-electron chi connectivity index (χ2n) is 7.10. The van der Waals surface area contributed by atoms with Crippen molar-refractivity contribution in [3.8, 4) is 0 Å². The molecule has 4 heterocycles. The number of carbonyl (C=O) groups excluding carboxylic acids is 2. The van der Waals surface area contributed by atoms with Gasteiger partial charge >= 0.3 is 0 Å². The van der Waals surface area contributed by atoms with Gasteiger partial charge in [0.05, 0.1) is 40.0 Å². The normalized spacial score (nSPS) is 35.2. The SMILES string of the molecule is C.O=C1[C@@H]2C3OC([C@H]4O[C@@H]34)[C@@H]2C(=O)N1c1ccc([N+](=O)[O-])c2ccccc12. The predicted octanol–water partition coefficient (Wildman–Crippen LogP) is 2.04.